The van der Waals surface area contributed by atoms with Gasteiger partial charge < -0.3 is 4.74 Å². The Morgan fingerprint density at radius 3 is 2.11 bits per heavy atom. The Morgan fingerprint density at radius 1 is 0.889 bits per heavy atom. The lowest BCUT2D eigenvalue weighted by Crippen LogP contribution is -2.09. The smallest absolute Gasteiger partial charge is 0.164 e. The summed E-state index contributed by atoms with van der Waals surface area (Å²) in [7, 11) is 0. The van der Waals surface area contributed by atoms with E-state index in [0.29, 0.717) is 5.78 Å². The maximum atomic E-state index is 11.7. The number of Topliss-reactive ketones (excluding diaryl/α,β-unsaturated/α-hetero) is 1. The average Bonchev–Trinajstić information content (AvgIpc) is 3.12. The molecule has 1 aliphatic rings. The van der Waals surface area contributed by atoms with E-state index >= 15 is 0 Å². The van der Waals surface area contributed by atoms with Gasteiger partial charge in [-0.2, -0.15) is 0 Å². The third-order valence-corrected chi connectivity index (χ3v) is 3.75. The number of carbonyl (C=O) groups is 1. The Kier molecular flexibility index (Phi) is 8.32. The molecular weight excluding hydrogens is 224 g/mol. The van der Waals surface area contributed by atoms with Crippen molar-refractivity contribution in [1.82, 2.24) is 0 Å². The van der Waals surface area contributed by atoms with Crippen LogP contribution < -0.4 is 0 Å². The van der Waals surface area contributed by atoms with Crippen molar-refractivity contribution in [3.05, 3.63) is 0 Å². The van der Waals surface area contributed by atoms with Crippen LogP contribution in [0.1, 0.15) is 84.5 Å². The molecule has 1 heterocycles. The van der Waals surface area contributed by atoms with Crippen molar-refractivity contribution in [2.75, 3.05) is 0 Å². The summed E-state index contributed by atoms with van der Waals surface area (Å²) in [5.41, 5.74) is 0. The lowest BCUT2D eigenvalue weighted by molar-refractivity contribution is -0.120. The monoisotopic (exact) mass is 254 g/mol. The lowest BCUT2D eigenvalue weighted by atomic mass is 10.0. The van der Waals surface area contributed by atoms with E-state index in [1.807, 2.05) is 0 Å². The van der Waals surface area contributed by atoms with Gasteiger partial charge in [0.1, 0.15) is 6.10 Å². The Balaban J connectivity index is 1.85. The zero-order valence-electron chi connectivity index (χ0n) is 12.2. The highest BCUT2D eigenvalue weighted by Gasteiger charge is 2.42. The third-order valence-electron chi connectivity index (χ3n) is 3.75. The molecule has 18 heavy (non-hydrogen) atoms. The Hall–Kier alpha value is -0.370. The fraction of sp³-hybridized carbons (Fsp3) is 0.938. The number of hydrogen-bond acceptors (Lipinski definition) is 2. The van der Waals surface area contributed by atoms with Gasteiger partial charge in [0.15, 0.2) is 5.78 Å². The molecule has 1 fully saturated rings. The van der Waals surface area contributed by atoms with Gasteiger partial charge in [-0.05, 0) is 12.8 Å². The van der Waals surface area contributed by atoms with Gasteiger partial charge in [0.25, 0.3) is 0 Å². The van der Waals surface area contributed by atoms with Gasteiger partial charge in [-0.3, -0.25) is 4.79 Å². The summed E-state index contributed by atoms with van der Waals surface area (Å²) in [6, 6.07) is 0. The van der Waals surface area contributed by atoms with E-state index in [9.17, 15) is 4.79 Å². The molecular formula is C16H30O2. The predicted octanol–water partition coefficient (Wildman–Crippen LogP) is 4.65. The van der Waals surface area contributed by atoms with Crippen LogP contribution in [0.2, 0.25) is 0 Å². The number of epoxide rings is 1. The first-order valence-corrected chi connectivity index (χ1v) is 7.97. The second kappa shape index (κ2) is 9.55. The molecule has 0 amide bonds. The van der Waals surface area contributed by atoms with E-state index in [1.165, 1.54) is 44.9 Å². The van der Waals surface area contributed by atoms with Crippen molar-refractivity contribution >= 4 is 5.78 Å². The van der Waals surface area contributed by atoms with Crippen LogP contribution in [0, 0.1) is 0 Å². The molecule has 0 N–H and O–H groups in total. The van der Waals surface area contributed by atoms with Gasteiger partial charge in [0.2, 0.25) is 0 Å². The van der Waals surface area contributed by atoms with Gasteiger partial charge in [-0.25, -0.2) is 0 Å². The molecule has 1 aliphatic heterocycles. The number of hydrogen-bond donors (Lipinski definition) is 0. The van der Waals surface area contributed by atoms with Crippen LogP contribution in [-0.2, 0) is 9.53 Å². The molecule has 0 bridgehead atoms. The highest BCUT2D eigenvalue weighted by Crippen LogP contribution is 2.28. The van der Waals surface area contributed by atoms with Crippen molar-refractivity contribution in [3.63, 3.8) is 0 Å². The zero-order valence-corrected chi connectivity index (χ0v) is 12.2. The highest BCUT2D eigenvalue weighted by molar-refractivity contribution is 5.85. The Labute approximate surface area is 112 Å². The topological polar surface area (TPSA) is 29.6 Å². The molecule has 106 valence electrons. The molecule has 0 aromatic heterocycles. The van der Waals surface area contributed by atoms with Crippen LogP contribution in [0.5, 0.6) is 0 Å². The molecule has 0 radical (unpaired) electrons. The minimum absolute atomic E-state index is 0.0329. The summed E-state index contributed by atoms with van der Waals surface area (Å²) in [4.78, 5) is 11.7. The van der Waals surface area contributed by atoms with Crippen LogP contribution in [-0.4, -0.2) is 18.0 Å². The van der Waals surface area contributed by atoms with Crippen molar-refractivity contribution < 1.29 is 9.53 Å². The summed E-state index contributed by atoms with van der Waals surface area (Å²) in [5.74, 6) is 0.347. The lowest BCUT2D eigenvalue weighted by Gasteiger charge is -2.00. The van der Waals surface area contributed by atoms with Gasteiger partial charge in [0, 0.05) is 6.42 Å². The third kappa shape index (κ3) is 6.53. The van der Waals surface area contributed by atoms with Crippen LogP contribution in [0.3, 0.4) is 0 Å². The second-order valence-corrected chi connectivity index (χ2v) is 5.57. The first-order chi connectivity index (χ1) is 8.79. The summed E-state index contributed by atoms with van der Waals surface area (Å²) >= 11 is 0. The van der Waals surface area contributed by atoms with Crippen LogP contribution in [0.25, 0.3) is 0 Å². The van der Waals surface area contributed by atoms with Gasteiger partial charge in [-0.15, -0.1) is 0 Å². The van der Waals surface area contributed by atoms with Gasteiger partial charge >= 0.3 is 0 Å². The molecule has 0 unspecified atom stereocenters. The molecule has 0 aromatic carbocycles. The molecule has 2 atom stereocenters. The normalized spacial score (nSPS) is 22.1. The van der Waals surface area contributed by atoms with E-state index in [0.717, 1.165) is 25.7 Å². The molecule has 2 nitrogen and oxygen atoms in total. The number of ketones is 1. The minimum atomic E-state index is -0.0329. The van der Waals surface area contributed by atoms with E-state index in [4.69, 9.17) is 4.74 Å². The molecule has 0 spiro atoms. The van der Waals surface area contributed by atoms with Crippen LogP contribution in [0.4, 0.5) is 0 Å². The zero-order chi connectivity index (χ0) is 13.2. The molecule has 0 aliphatic carbocycles. The second-order valence-electron chi connectivity index (χ2n) is 5.57. The number of rotatable bonds is 12. The van der Waals surface area contributed by atoms with Crippen LogP contribution >= 0.6 is 0 Å². The molecule has 0 aromatic rings. The Morgan fingerprint density at radius 2 is 1.50 bits per heavy atom. The van der Waals surface area contributed by atoms with Crippen molar-refractivity contribution in [2.45, 2.75) is 96.7 Å². The first kappa shape index (κ1) is 15.7. The van der Waals surface area contributed by atoms with E-state index < -0.39 is 0 Å². The molecule has 0 saturated carbocycles. The van der Waals surface area contributed by atoms with Crippen LogP contribution in [0.15, 0.2) is 0 Å². The van der Waals surface area contributed by atoms with Crippen molar-refractivity contribution in [1.29, 1.82) is 0 Å². The largest absolute Gasteiger partial charge is 0.361 e. The SMILES string of the molecule is CCCCCCCCCCC(=O)[C@@H]1O[C@H]1CCC. The standard InChI is InChI=1S/C16H30O2/c1-3-5-6-7-8-9-10-11-13-14(17)16-15(18-16)12-4-2/h15-16H,3-13H2,1-2H3/t15-,16-/m0/s1. The maximum Gasteiger partial charge on any atom is 0.164 e. The van der Waals surface area contributed by atoms with Gasteiger partial charge in [-0.1, -0.05) is 65.2 Å². The first-order valence-electron chi connectivity index (χ1n) is 7.97. The van der Waals surface area contributed by atoms with Crippen molar-refractivity contribution in [3.8, 4) is 0 Å². The highest BCUT2D eigenvalue weighted by atomic mass is 16.6. The average molecular weight is 254 g/mol. The number of unbranched alkanes of at least 4 members (excludes halogenated alkanes) is 7. The van der Waals surface area contributed by atoms with Gasteiger partial charge in [0.05, 0.1) is 6.10 Å². The molecule has 1 rings (SSSR count). The Bertz CT molecular complexity index is 225. The fourth-order valence-corrected chi connectivity index (χ4v) is 2.51. The minimum Gasteiger partial charge on any atom is -0.361 e. The quantitative estimate of drug-likeness (QED) is 0.374. The summed E-state index contributed by atoms with van der Waals surface area (Å²) in [6.07, 6.45) is 13.5. The summed E-state index contributed by atoms with van der Waals surface area (Å²) in [6.45, 7) is 4.39. The number of ether oxygens (including phenoxy) is 1. The van der Waals surface area contributed by atoms with Crippen molar-refractivity contribution in [2.24, 2.45) is 0 Å². The van der Waals surface area contributed by atoms with E-state index in [2.05, 4.69) is 13.8 Å². The van der Waals surface area contributed by atoms with E-state index in [1.54, 1.807) is 0 Å². The summed E-state index contributed by atoms with van der Waals surface area (Å²) in [5, 5.41) is 0. The molecule has 2 heteroatoms. The summed E-state index contributed by atoms with van der Waals surface area (Å²) < 4.78 is 5.39. The van der Waals surface area contributed by atoms with E-state index in [-0.39, 0.29) is 12.2 Å². The maximum absolute atomic E-state index is 11.7. The fourth-order valence-electron chi connectivity index (χ4n) is 2.51. The molecule has 1 saturated heterocycles. The predicted molar refractivity (Wildman–Crippen MR) is 75.8 cm³/mol. The number of carbonyl (C=O) groups excluding carboxylic acids is 1.